The largest absolute Gasteiger partial charge is 0.347 e. The van der Waals surface area contributed by atoms with Crippen LogP contribution >= 0.6 is 22.6 Å². The van der Waals surface area contributed by atoms with Crippen LogP contribution in [0.1, 0.15) is 18.2 Å². The maximum absolute atomic E-state index is 12.6. The smallest absolute Gasteiger partial charge is 0.269 e. The molecule has 0 saturated heterocycles. The number of nitrogens with one attached hydrogen (secondary N) is 1. The van der Waals surface area contributed by atoms with E-state index in [2.05, 4.69) is 43.1 Å². The molecule has 2 aromatic heterocycles. The molecular weight excluding hydrogens is 531 g/mol. The van der Waals surface area contributed by atoms with Crippen molar-refractivity contribution in [3.63, 3.8) is 0 Å². The van der Waals surface area contributed by atoms with Crippen molar-refractivity contribution >= 4 is 44.0 Å². The molecule has 1 N–H and O–H groups in total. The number of carbonyl (C=O) groups is 1. The molecule has 0 saturated carbocycles. The first kappa shape index (κ1) is 21.4. The summed E-state index contributed by atoms with van der Waals surface area (Å²) in [6.07, 6.45) is 12.3. The number of sulfone groups is 1. The van der Waals surface area contributed by atoms with Gasteiger partial charge in [0.25, 0.3) is 5.91 Å². The van der Waals surface area contributed by atoms with Crippen LogP contribution in [0.25, 0.3) is 5.69 Å². The zero-order valence-electron chi connectivity index (χ0n) is 16.5. The van der Waals surface area contributed by atoms with Crippen LogP contribution in [0.2, 0.25) is 0 Å². The van der Waals surface area contributed by atoms with E-state index in [1.54, 1.807) is 58.3 Å². The van der Waals surface area contributed by atoms with E-state index in [-0.39, 0.29) is 23.5 Å². The summed E-state index contributed by atoms with van der Waals surface area (Å²) in [6, 6.07) is 6.45. The normalized spacial score (nSPS) is 16.2. The molecule has 0 aliphatic carbocycles. The molecule has 0 radical (unpaired) electrons. The zero-order chi connectivity index (χ0) is 22.0. The van der Waals surface area contributed by atoms with E-state index in [0.717, 1.165) is 14.8 Å². The van der Waals surface area contributed by atoms with E-state index in [1.807, 2.05) is 12.3 Å². The van der Waals surface area contributed by atoms with Crippen LogP contribution in [0.4, 0.5) is 0 Å². The molecule has 0 spiro atoms. The standard InChI is InChI=1S/C20H19IN6O3S/c1-31(29,30)17-7-5-16(6-8-17)26-12-14(10-23-26)9-22-20(28)18-3-2-4-19(25-18)27-13-15(21)11-24-27/h2-3,5-8,10-13,19H,4,9H2,1H3,(H,22,28). The van der Waals surface area contributed by atoms with Crippen LogP contribution in [0.3, 0.4) is 0 Å². The summed E-state index contributed by atoms with van der Waals surface area (Å²) < 4.78 is 27.6. The Morgan fingerprint density at radius 3 is 2.65 bits per heavy atom. The Kier molecular flexibility index (Phi) is 6.05. The summed E-state index contributed by atoms with van der Waals surface area (Å²) in [4.78, 5) is 17.3. The third-order valence-corrected chi connectivity index (χ3v) is 6.32. The molecule has 1 atom stereocenters. The van der Waals surface area contributed by atoms with Crippen molar-refractivity contribution in [2.45, 2.75) is 24.0 Å². The number of benzene rings is 1. The van der Waals surface area contributed by atoms with E-state index in [0.29, 0.717) is 12.1 Å². The first-order valence-electron chi connectivity index (χ1n) is 9.36. The second kappa shape index (κ2) is 8.75. The lowest BCUT2D eigenvalue weighted by Gasteiger charge is -2.16. The van der Waals surface area contributed by atoms with Crippen molar-refractivity contribution in [3.8, 4) is 5.69 Å². The van der Waals surface area contributed by atoms with Crippen molar-refractivity contribution in [2.24, 2.45) is 4.99 Å². The third kappa shape index (κ3) is 5.10. The van der Waals surface area contributed by atoms with Gasteiger partial charge in [-0.3, -0.25) is 9.79 Å². The van der Waals surface area contributed by atoms with E-state index in [4.69, 9.17) is 0 Å². The van der Waals surface area contributed by atoms with E-state index < -0.39 is 9.84 Å². The molecule has 3 heterocycles. The van der Waals surface area contributed by atoms with Gasteiger partial charge in [0.2, 0.25) is 0 Å². The number of aromatic nitrogens is 4. The van der Waals surface area contributed by atoms with Gasteiger partial charge in [-0.2, -0.15) is 10.2 Å². The zero-order valence-corrected chi connectivity index (χ0v) is 19.5. The molecule has 1 unspecified atom stereocenters. The first-order chi connectivity index (χ1) is 14.8. The number of amides is 1. The number of halogens is 1. The van der Waals surface area contributed by atoms with Crippen LogP contribution in [0.5, 0.6) is 0 Å². The van der Waals surface area contributed by atoms with E-state index in [9.17, 15) is 13.2 Å². The quantitative estimate of drug-likeness (QED) is 0.474. The fourth-order valence-corrected chi connectivity index (χ4v) is 4.09. The van der Waals surface area contributed by atoms with Crippen LogP contribution < -0.4 is 5.32 Å². The van der Waals surface area contributed by atoms with Crippen molar-refractivity contribution < 1.29 is 13.2 Å². The minimum atomic E-state index is -3.25. The molecule has 9 nitrogen and oxygen atoms in total. The van der Waals surface area contributed by atoms with Crippen LogP contribution in [0, 0.1) is 3.57 Å². The summed E-state index contributed by atoms with van der Waals surface area (Å²) >= 11 is 2.18. The molecular formula is C20H19IN6O3S. The highest BCUT2D eigenvalue weighted by Crippen LogP contribution is 2.19. The minimum Gasteiger partial charge on any atom is -0.347 e. The molecule has 160 valence electrons. The second-order valence-corrected chi connectivity index (χ2v) is 10.3. The number of nitrogens with zero attached hydrogens (tertiary/aromatic N) is 5. The molecule has 31 heavy (non-hydrogen) atoms. The Labute approximate surface area is 192 Å². The maximum Gasteiger partial charge on any atom is 0.269 e. The number of rotatable bonds is 6. The highest BCUT2D eigenvalue weighted by molar-refractivity contribution is 14.1. The fraction of sp³-hybridized carbons (Fsp3) is 0.200. The summed E-state index contributed by atoms with van der Waals surface area (Å²) in [7, 11) is -3.25. The van der Waals surface area contributed by atoms with Gasteiger partial charge in [-0.25, -0.2) is 17.8 Å². The Bertz CT molecular complexity index is 1270. The van der Waals surface area contributed by atoms with Gasteiger partial charge in [-0.1, -0.05) is 6.08 Å². The number of hydrogen-bond acceptors (Lipinski definition) is 6. The highest BCUT2D eigenvalue weighted by atomic mass is 127. The molecule has 4 rings (SSSR count). The predicted octanol–water partition coefficient (Wildman–Crippen LogP) is 2.29. The SMILES string of the molecule is CS(=O)(=O)c1ccc(-n2cc(CNC(=O)C3=NC(n4cc(I)cn4)CC=C3)cn2)cc1. The van der Waals surface area contributed by atoms with E-state index >= 15 is 0 Å². The van der Waals surface area contributed by atoms with Gasteiger partial charge in [-0.05, 0) is 52.9 Å². The van der Waals surface area contributed by atoms with Gasteiger partial charge in [0.05, 0.1) is 26.5 Å². The summed E-state index contributed by atoms with van der Waals surface area (Å²) in [6.45, 7) is 0.289. The molecule has 11 heteroatoms. The number of hydrogen-bond donors (Lipinski definition) is 1. The van der Waals surface area contributed by atoms with Crippen LogP contribution in [0.15, 0.2) is 71.1 Å². The van der Waals surface area contributed by atoms with Gasteiger partial charge < -0.3 is 5.32 Å². The fourth-order valence-electron chi connectivity index (χ4n) is 3.05. The van der Waals surface area contributed by atoms with Gasteiger partial charge in [-0.15, -0.1) is 0 Å². The average molecular weight is 550 g/mol. The first-order valence-corrected chi connectivity index (χ1v) is 12.3. The maximum atomic E-state index is 12.6. The Hall–Kier alpha value is -2.80. The highest BCUT2D eigenvalue weighted by Gasteiger charge is 2.18. The predicted molar refractivity (Wildman–Crippen MR) is 124 cm³/mol. The van der Waals surface area contributed by atoms with E-state index in [1.165, 1.54) is 6.26 Å². The monoisotopic (exact) mass is 550 g/mol. The van der Waals surface area contributed by atoms with Gasteiger partial charge in [0.15, 0.2) is 9.84 Å². The Morgan fingerprint density at radius 2 is 1.97 bits per heavy atom. The van der Waals surface area contributed by atoms with Crippen molar-refractivity contribution in [3.05, 3.63) is 70.3 Å². The average Bonchev–Trinajstić information content (AvgIpc) is 3.41. The van der Waals surface area contributed by atoms with Gasteiger partial charge in [0.1, 0.15) is 11.9 Å². The summed E-state index contributed by atoms with van der Waals surface area (Å²) in [5, 5.41) is 11.4. The van der Waals surface area contributed by atoms with Crippen LogP contribution in [-0.2, 0) is 21.2 Å². The molecule has 1 aliphatic heterocycles. The minimum absolute atomic E-state index is 0.230. The Balaban J connectivity index is 1.39. The molecule has 0 fully saturated rings. The summed E-state index contributed by atoms with van der Waals surface area (Å²) in [5.74, 6) is -0.270. The lowest BCUT2D eigenvalue weighted by atomic mass is 10.2. The summed E-state index contributed by atoms with van der Waals surface area (Å²) in [5.41, 5.74) is 1.88. The van der Waals surface area contributed by atoms with Gasteiger partial charge in [0, 0.05) is 37.2 Å². The Morgan fingerprint density at radius 1 is 1.19 bits per heavy atom. The van der Waals surface area contributed by atoms with Gasteiger partial charge >= 0.3 is 0 Å². The second-order valence-electron chi connectivity index (χ2n) is 7.01. The topological polar surface area (TPSA) is 111 Å². The number of aliphatic imine (C=N–C) groups is 1. The molecule has 1 amide bonds. The lowest BCUT2D eigenvalue weighted by molar-refractivity contribution is -0.114. The number of dihydropyridines is 1. The van der Waals surface area contributed by atoms with Crippen molar-refractivity contribution in [1.29, 1.82) is 0 Å². The molecule has 1 aliphatic rings. The lowest BCUT2D eigenvalue weighted by Crippen LogP contribution is -2.31. The van der Waals surface area contributed by atoms with Crippen molar-refractivity contribution in [1.82, 2.24) is 24.9 Å². The molecule has 0 bridgehead atoms. The number of carbonyl (C=O) groups excluding carboxylic acids is 1. The van der Waals surface area contributed by atoms with Crippen molar-refractivity contribution in [2.75, 3.05) is 6.26 Å². The molecule has 1 aromatic carbocycles. The van der Waals surface area contributed by atoms with Crippen LogP contribution in [-0.4, -0.2) is 45.9 Å². The molecule has 3 aromatic rings. The third-order valence-electron chi connectivity index (χ3n) is 4.64.